The minimum atomic E-state index is -0.0485. The van der Waals surface area contributed by atoms with Crippen LogP contribution >= 0.6 is 0 Å². The van der Waals surface area contributed by atoms with Crippen LogP contribution in [-0.4, -0.2) is 56.8 Å². The molecule has 8 heteroatoms. The molecule has 154 valence electrons. The van der Waals surface area contributed by atoms with Crippen molar-refractivity contribution in [3.8, 4) is 0 Å². The number of H-pyrrole nitrogens is 1. The molecule has 0 spiro atoms. The van der Waals surface area contributed by atoms with Crippen molar-refractivity contribution in [3.63, 3.8) is 0 Å². The average Bonchev–Trinajstić information content (AvgIpc) is 3.16. The number of hydrogen-bond acceptors (Lipinski definition) is 4. The lowest BCUT2D eigenvalue weighted by atomic mass is 10.1. The monoisotopic (exact) mass is 396 g/mol. The highest BCUT2D eigenvalue weighted by Crippen LogP contribution is 2.18. The molecule has 1 aliphatic heterocycles. The van der Waals surface area contributed by atoms with Gasteiger partial charge < -0.3 is 15.2 Å². The summed E-state index contributed by atoms with van der Waals surface area (Å²) in [4.78, 5) is 30.4. The number of carbonyl (C=O) groups excluding carboxylic acids is 1. The van der Waals surface area contributed by atoms with E-state index in [4.69, 9.17) is 0 Å². The molecular weight excluding hydrogens is 368 g/mol. The van der Waals surface area contributed by atoms with Gasteiger partial charge in [-0.1, -0.05) is 18.2 Å². The van der Waals surface area contributed by atoms with E-state index in [1.165, 1.54) is 0 Å². The maximum atomic E-state index is 12.6. The number of nitrogens with zero attached hydrogens (tertiary/aromatic N) is 4. The highest BCUT2D eigenvalue weighted by Gasteiger charge is 2.22. The van der Waals surface area contributed by atoms with E-state index in [1.54, 1.807) is 9.25 Å². The second kappa shape index (κ2) is 8.24. The number of hydrogen-bond donors (Lipinski definition) is 2. The second-order valence-electron chi connectivity index (χ2n) is 8.00. The molecule has 3 heterocycles. The largest absolute Gasteiger partial charge is 0.361 e. The lowest BCUT2D eigenvalue weighted by Gasteiger charge is -2.16. The average molecular weight is 396 g/mol. The van der Waals surface area contributed by atoms with Crippen molar-refractivity contribution < 1.29 is 4.79 Å². The predicted octanol–water partition coefficient (Wildman–Crippen LogP) is 1.15. The topological polar surface area (TPSA) is 87.9 Å². The molecule has 1 aliphatic rings. The van der Waals surface area contributed by atoms with Crippen molar-refractivity contribution in [2.24, 2.45) is 0 Å². The van der Waals surface area contributed by atoms with Gasteiger partial charge in [-0.05, 0) is 38.6 Å². The van der Waals surface area contributed by atoms with Crippen LogP contribution in [0.2, 0.25) is 0 Å². The molecule has 0 saturated heterocycles. The van der Waals surface area contributed by atoms with Crippen molar-refractivity contribution in [2.75, 3.05) is 20.6 Å². The molecule has 0 bridgehead atoms. The van der Waals surface area contributed by atoms with Gasteiger partial charge in [-0.15, -0.1) is 0 Å². The summed E-state index contributed by atoms with van der Waals surface area (Å²) in [6, 6.07) is 8.06. The summed E-state index contributed by atoms with van der Waals surface area (Å²) in [5, 5.41) is 8.75. The molecule has 0 fully saturated rings. The normalized spacial score (nSPS) is 16.7. The molecule has 29 heavy (non-hydrogen) atoms. The fourth-order valence-electron chi connectivity index (χ4n) is 3.94. The Bertz CT molecular complexity index is 1060. The van der Waals surface area contributed by atoms with Gasteiger partial charge in [0, 0.05) is 42.7 Å². The van der Waals surface area contributed by atoms with Crippen molar-refractivity contribution >= 4 is 16.8 Å². The predicted molar refractivity (Wildman–Crippen MR) is 112 cm³/mol. The molecule has 2 aromatic heterocycles. The number of nitrogens with one attached hydrogen (secondary N) is 2. The number of amides is 1. The first-order chi connectivity index (χ1) is 14.0. The van der Waals surface area contributed by atoms with Gasteiger partial charge in [0.1, 0.15) is 5.82 Å². The summed E-state index contributed by atoms with van der Waals surface area (Å²) in [5.41, 5.74) is 2.00. The Morgan fingerprint density at radius 1 is 1.31 bits per heavy atom. The minimum absolute atomic E-state index is 0.0164. The molecule has 3 aromatic rings. The van der Waals surface area contributed by atoms with Gasteiger partial charge in [-0.3, -0.25) is 9.36 Å². The standard InChI is InChI=1S/C21H28N6O2/c1-25(2)11-12-27-21(29)26-10-9-16(7-8-19(26)24-27)23-20(28)13-15-14-22-18-6-4-3-5-17(15)18/h3-6,14,16,22H,7-13H2,1-2H3,(H,23,28). The third-order valence-corrected chi connectivity index (χ3v) is 5.57. The molecule has 8 nitrogen and oxygen atoms in total. The fourth-order valence-corrected chi connectivity index (χ4v) is 3.94. The molecule has 0 saturated carbocycles. The maximum Gasteiger partial charge on any atom is 0.345 e. The number of aryl methyl sites for hydroxylation is 1. The van der Waals surface area contributed by atoms with Gasteiger partial charge in [0.25, 0.3) is 0 Å². The van der Waals surface area contributed by atoms with E-state index in [1.807, 2.05) is 49.5 Å². The van der Waals surface area contributed by atoms with Crippen LogP contribution in [0.4, 0.5) is 0 Å². The number of aromatic amines is 1. The summed E-state index contributed by atoms with van der Waals surface area (Å²) < 4.78 is 3.33. The van der Waals surface area contributed by atoms with Crippen LogP contribution in [0.25, 0.3) is 10.9 Å². The number of rotatable bonds is 6. The van der Waals surface area contributed by atoms with E-state index in [0.29, 0.717) is 25.9 Å². The Labute approximate surface area is 169 Å². The van der Waals surface area contributed by atoms with Crippen LogP contribution in [0.1, 0.15) is 24.2 Å². The van der Waals surface area contributed by atoms with Crippen LogP contribution in [0, 0.1) is 0 Å². The molecular formula is C21H28N6O2. The number of carbonyl (C=O) groups is 1. The molecule has 2 N–H and O–H groups in total. The molecule has 4 rings (SSSR count). The molecule has 0 aliphatic carbocycles. The van der Waals surface area contributed by atoms with Crippen LogP contribution in [0.3, 0.4) is 0 Å². The van der Waals surface area contributed by atoms with Gasteiger partial charge >= 0.3 is 5.69 Å². The van der Waals surface area contributed by atoms with E-state index in [2.05, 4.69) is 15.4 Å². The first-order valence-electron chi connectivity index (χ1n) is 10.2. The second-order valence-corrected chi connectivity index (χ2v) is 8.00. The Morgan fingerprint density at radius 3 is 2.97 bits per heavy atom. The number of benzene rings is 1. The van der Waals surface area contributed by atoms with Crippen LogP contribution in [-0.2, 0) is 30.7 Å². The number of aromatic nitrogens is 4. The van der Waals surface area contributed by atoms with E-state index in [-0.39, 0.29) is 17.6 Å². The Kier molecular flexibility index (Phi) is 5.53. The quantitative estimate of drug-likeness (QED) is 0.654. The maximum absolute atomic E-state index is 12.6. The SMILES string of the molecule is CN(C)CCn1nc2n(c1=O)CCC(NC(=O)Cc1c[nH]c3ccccc13)CC2. The number of fused-ring (bicyclic) bond motifs is 2. The smallest absolute Gasteiger partial charge is 0.345 e. The first kappa shape index (κ1) is 19.4. The molecule has 1 unspecified atom stereocenters. The molecule has 1 amide bonds. The molecule has 0 radical (unpaired) electrons. The summed E-state index contributed by atoms with van der Waals surface area (Å²) in [7, 11) is 3.96. The Morgan fingerprint density at radius 2 is 2.14 bits per heavy atom. The summed E-state index contributed by atoms with van der Waals surface area (Å²) in [6.45, 7) is 1.97. The van der Waals surface area contributed by atoms with Crippen molar-refractivity contribution in [2.45, 2.75) is 44.8 Å². The molecule has 1 atom stereocenters. The van der Waals surface area contributed by atoms with E-state index >= 15 is 0 Å². The zero-order chi connectivity index (χ0) is 20.4. The zero-order valence-electron chi connectivity index (χ0n) is 17.0. The van der Waals surface area contributed by atoms with E-state index in [9.17, 15) is 9.59 Å². The summed E-state index contributed by atoms with van der Waals surface area (Å²) in [5.74, 6) is 0.838. The lowest BCUT2D eigenvalue weighted by Crippen LogP contribution is -2.36. The van der Waals surface area contributed by atoms with Crippen molar-refractivity contribution in [1.82, 2.24) is 29.5 Å². The van der Waals surface area contributed by atoms with Crippen molar-refractivity contribution in [3.05, 3.63) is 52.3 Å². The highest BCUT2D eigenvalue weighted by atomic mass is 16.2. The summed E-state index contributed by atoms with van der Waals surface area (Å²) >= 11 is 0. The van der Waals surface area contributed by atoms with Gasteiger partial charge in [-0.2, -0.15) is 5.10 Å². The Balaban J connectivity index is 1.36. The van der Waals surface area contributed by atoms with E-state index in [0.717, 1.165) is 41.7 Å². The minimum Gasteiger partial charge on any atom is -0.361 e. The number of likely N-dealkylation sites (N-methyl/N-ethyl adjacent to an activating group) is 1. The zero-order valence-corrected chi connectivity index (χ0v) is 17.0. The highest BCUT2D eigenvalue weighted by molar-refractivity contribution is 5.88. The van der Waals surface area contributed by atoms with Crippen LogP contribution < -0.4 is 11.0 Å². The third-order valence-electron chi connectivity index (χ3n) is 5.57. The summed E-state index contributed by atoms with van der Waals surface area (Å²) in [6.07, 6.45) is 4.49. The van der Waals surface area contributed by atoms with E-state index < -0.39 is 0 Å². The van der Waals surface area contributed by atoms with Crippen molar-refractivity contribution in [1.29, 1.82) is 0 Å². The van der Waals surface area contributed by atoms with Crippen LogP contribution in [0.5, 0.6) is 0 Å². The molecule has 1 aromatic carbocycles. The number of para-hydroxylation sites is 1. The van der Waals surface area contributed by atoms with Gasteiger partial charge in [0.15, 0.2) is 0 Å². The third kappa shape index (κ3) is 4.27. The first-order valence-corrected chi connectivity index (χ1v) is 10.2. The van der Waals surface area contributed by atoms with Gasteiger partial charge in [0.2, 0.25) is 5.91 Å². The fraction of sp³-hybridized carbons (Fsp3) is 0.476. The van der Waals surface area contributed by atoms with Crippen LogP contribution in [0.15, 0.2) is 35.3 Å². The Hall–Kier alpha value is -2.87. The van der Waals surface area contributed by atoms with Gasteiger partial charge in [-0.25, -0.2) is 9.48 Å². The lowest BCUT2D eigenvalue weighted by molar-refractivity contribution is -0.121. The van der Waals surface area contributed by atoms with Gasteiger partial charge in [0.05, 0.1) is 13.0 Å².